The monoisotopic (exact) mass is 300 g/mol. The van der Waals surface area contributed by atoms with Crippen LogP contribution in [0.3, 0.4) is 0 Å². The van der Waals surface area contributed by atoms with Crippen molar-refractivity contribution in [2.45, 2.75) is 59.8 Å². The molecule has 0 saturated heterocycles. The molecule has 2 bridgehead atoms. The topological polar surface area (TPSA) is 37.3 Å². The molecule has 2 saturated carbocycles. The van der Waals surface area contributed by atoms with Gasteiger partial charge >= 0.3 is 0 Å². The molecular weight excluding hydrogens is 272 g/mol. The Hall–Kier alpha value is -1.05. The van der Waals surface area contributed by atoms with Crippen LogP contribution in [0.5, 0.6) is 0 Å². The molecule has 22 heavy (non-hydrogen) atoms. The maximum absolute atomic E-state index is 12.5. The van der Waals surface area contributed by atoms with Gasteiger partial charge in [-0.15, -0.1) is 0 Å². The van der Waals surface area contributed by atoms with E-state index >= 15 is 0 Å². The fourth-order valence-corrected chi connectivity index (χ4v) is 6.84. The van der Waals surface area contributed by atoms with E-state index < -0.39 is 5.41 Å². The van der Waals surface area contributed by atoms with Gasteiger partial charge in [0.2, 0.25) is 5.78 Å². The highest BCUT2D eigenvalue weighted by atomic mass is 16.3. The minimum absolute atomic E-state index is 0.0103. The zero-order chi connectivity index (χ0) is 16.0. The van der Waals surface area contributed by atoms with Gasteiger partial charge in [0.25, 0.3) is 0 Å². The third-order valence-corrected chi connectivity index (χ3v) is 7.79. The predicted octanol–water partition coefficient (Wildman–Crippen LogP) is 4.82. The normalized spacial score (nSPS) is 52.0. The zero-order valence-corrected chi connectivity index (χ0v) is 14.3. The van der Waals surface area contributed by atoms with Crippen LogP contribution in [0.1, 0.15) is 59.8 Å². The number of rotatable bonds is 0. The molecule has 0 radical (unpaired) electrons. The molecule has 0 heterocycles. The van der Waals surface area contributed by atoms with Crippen molar-refractivity contribution in [1.29, 1.82) is 0 Å². The van der Waals surface area contributed by atoms with Crippen LogP contribution in [0.15, 0.2) is 24.0 Å². The van der Waals surface area contributed by atoms with Gasteiger partial charge in [0.05, 0.1) is 0 Å². The predicted molar refractivity (Wildman–Crippen MR) is 87.4 cm³/mol. The van der Waals surface area contributed by atoms with Crippen LogP contribution in [0.25, 0.3) is 0 Å². The summed E-state index contributed by atoms with van der Waals surface area (Å²) >= 11 is 0. The first-order valence-electron chi connectivity index (χ1n) is 8.80. The smallest absolute Gasteiger partial charge is 0.202 e. The second kappa shape index (κ2) is 3.88. The standard InChI is InChI=1S/C20H28O2/c1-17(2)14-6-8-20-10-9-18(3,12-20)7-5-15(20)19(14,4)11-13(21)16(17)22/h9-11,14-15,21H,5-8,12H2,1-4H3/t14-,15+,18-,19-,20+/m1/s1. The van der Waals surface area contributed by atoms with Gasteiger partial charge in [-0.25, -0.2) is 0 Å². The van der Waals surface area contributed by atoms with E-state index in [9.17, 15) is 9.90 Å². The SMILES string of the molecule is CC1(C)C(=O)C(O)=C[C@]2(C)[C@@H]1CC[C@@]13C=C[C@@](C)(CC[C@H]12)C3. The molecule has 2 heteroatoms. The first-order chi connectivity index (χ1) is 10.1. The van der Waals surface area contributed by atoms with Gasteiger partial charge in [-0.3, -0.25) is 4.79 Å². The van der Waals surface area contributed by atoms with Crippen molar-refractivity contribution in [1.82, 2.24) is 0 Å². The summed E-state index contributed by atoms with van der Waals surface area (Å²) in [5.41, 5.74) is 0.172. The lowest BCUT2D eigenvalue weighted by Gasteiger charge is -2.62. The molecule has 4 aliphatic carbocycles. The van der Waals surface area contributed by atoms with Gasteiger partial charge < -0.3 is 5.11 Å². The summed E-state index contributed by atoms with van der Waals surface area (Å²) in [5, 5.41) is 10.3. The van der Waals surface area contributed by atoms with Crippen LogP contribution < -0.4 is 0 Å². The van der Waals surface area contributed by atoms with Crippen LogP contribution in [0.4, 0.5) is 0 Å². The number of carbonyl (C=O) groups is 1. The molecule has 4 rings (SSSR count). The number of hydrogen-bond donors (Lipinski definition) is 1. The average molecular weight is 300 g/mol. The molecule has 5 atom stereocenters. The van der Waals surface area contributed by atoms with Crippen molar-refractivity contribution < 1.29 is 9.90 Å². The van der Waals surface area contributed by atoms with Gasteiger partial charge in [0.1, 0.15) is 0 Å². The summed E-state index contributed by atoms with van der Waals surface area (Å²) in [6.07, 6.45) is 12.9. The van der Waals surface area contributed by atoms with Crippen molar-refractivity contribution in [3.8, 4) is 0 Å². The van der Waals surface area contributed by atoms with Crippen LogP contribution in [-0.2, 0) is 4.79 Å². The van der Waals surface area contributed by atoms with Gasteiger partial charge in [-0.2, -0.15) is 0 Å². The minimum Gasteiger partial charge on any atom is -0.505 e. The number of aliphatic hydroxyl groups excluding tert-OH is 1. The van der Waals surface area contributed by atoms with Gasteiger partial charge in [0.15, 0.2) is 5.76 Å². The highest BCUT2D eigenvalue weighted by Gasteiger charge is 2.64. The molecular formula is C20H28O2. The van der Waals surface area contributed by atoms with E-state index in [1.807, 2.05) is 19.9 Å². The Balaban J connectivity index is 1.84. The first kappa shape index (κ1) is 14.5. The summed E-state index contributed by atoms with van der Waals surface area (Å²) in [7, 11) is 0. The Kier molecular flexibility index (Phi) is 2.57. The maximum Gasteiger partial charge on any atom is 0.202 e. The second-order valence-corrected chi connectivity index (χ2v) is 9.53. The first-order valence-corrected chi connectivity index (χ1v) is 8.80. The average Bonchev–Trinajstić information content (AvgIpc) is 2.66. The molecule has 2 fully saturated rings. The summed E-state index contributed by atoms with van der Waals surface area (Å²) in [4.78, 5) is 12.5. The molecule has 0 amide bonds. The summed E-state index contributed by atoms with van der Waals surface area (Å²) in [6.45, 7) is 8.78. The number of carbonyl (C=O) groups excluding carboxylic acids is 1. The molecule has 1 N–H and O–H groups in total. The molecule has 120 valence electrons. The van der Waals surface area contributed by atoms with E-state index in [0.29, 0.717) is 22.7 Å². The van der Waals surface area contributed by atoms with Crippen LogP contribution in [0, 0.1) is 33.5 Å². The van der Waals surface area contributed by atoms with Crippen molar-refractivity contribution in [3.05, 3.63) is 24.0 Å². The minimum atomic E-state index is -0.446. The van der Waals surface area contributed by atoms with E-state index in [1.165, 1.54) is 25.7 Å². The Morgan fingerprint density at radius 3 is 2.45 bits per heavy atom. The Labute approximate surface area is 133 Å². The van der Waals surface area contributed by atoms with Gasteiger partial charge in [-0.05, 0) is 66.3 Å². The van der Waals surface area contributed by atoms with Gasteiger partial charge in [0, 0.05) is 5.41 Å². The maximum atomic E-state index is 12.5. The Morgan fingerprint density at radius 2 is 1.73 bits per heavy atom. The van der Waals surface area contributed by atoms with E-state index in [0.717, 1.165) is 6.42 Å². The summed E-state index contributed by atoms with van der Waals surface area (Å²) in [5.74, 6) is 0.849. The largest absolute Gasteiger partial charge is 0.505 e. The molecule has 0 aromatic rings. The van der Waals surface area contributed by atoms with Crippen molar-refractivity contribution in [3.63, 3.8) is 0 Å². The van der Waals surface area contributed by atoms with Crippen LogP contribution in [-0.4, -0.2) is 10.9 Å². The molecule has 0 aromatic heterocycles. The fourth-order valence-electron chi connectivity index (χ4n) is 6.84. The molecule has 1 spiro atoms. The molecule has 0 aliphatic heterocycles. The van der Waals surface area contributed by atoms with Crippen molar-refractivity contribution >= 4 is 5.78 Å². The number of Topliss-reactive ketones (excluding diaryl/α,β-unsaturated/α-hetero) is 1. The van der Waals surface area contributed by atoms with E-state index in [2.05, 4.69) is 26.0 Å². The van der Waals surface area contributed by atoms with Crippen molar-refractivity contribution in [2.24, 2.45) is 33.5 Å². The van der Waals surface area contributed by atoms with Crippen LogP contribution >= 0.6 is 0 Å². The third kappa shape index (κ3) is 1.54. The fraction of sp³-hybridized carbons (Fsp3) is 0.750. The second-order valence-electron chi connectivity index (χ2n) is 9.53. The van der Waals surface area contributed by atoms with E-state index in [4.69, 9.17) is 0 Å². The molecule has 0 aromatic carbocycles. The highest BCUT2D eigenvalue weighted by molar-refractivity contribution is 5.98. The quantitative estimate of drug-likeness (QED) is 0.651. The zero-order valence-electron chi connectivity index (χ0n) is 14.3. The lowest BCUT2D eigenvalue weighted by atomic mass is 9.41. The Morgan fingerprint density at radius 1 is 1.05 bits per heavy atom. The number of fused-ring (bicyclic) bond motifs is 3. The Bertz CT molecular complexity index is 613. The number of ketones is 1. The number of hydrogen-bond acceptors (Lipinski definition) is 2. The number of aliphatic hydroxyl groups is 1. The van der Waals surface area contributed by atoms with Gasteiger partial charge in [-0.1, -0.05) is 39.8 Å². The van der Waals surface area contributed by atoms with Crippen LogP contribution in [0.2, 0.25) is 0 Å². The molecule has 4 aliphatic rings. The van der Waals surface area contributed by atoms with E-state index in [-0.39, 0.29) is 17.0 Å². The lowest BCUT2D eigenvalue weighted by Crippen LogP contribution is -2.57. The lowest BCUT2D eigenvalue weighted by molar-refractivity contribution is -0.145. The van der Waals surface area contributed by atoms with Crippen molar-refractivity contribution in [2.75, 3.05) is 0 Å². The molecule has 2 nitrogen and oxygen atoms in total. The highest BCUT2D eigenvalue weighted by Crippen LogP contribution is 2.70. The number of allylic oxidation sites excluding steroid dienone is 4. The summed E-state index contributed by atoms with van der Waals surface area (Å²) in [6, 6.07) is 0. The molecule has 0 unspecified atom stereocenters. The summed E-state index contributed by atoms with van der Waals surface area (Å²) < 4.78 is 0. The third-order valence-electron chi connectivity index (χ3n) is 7.79. The van der Waals surface area contributed by atoms with E-state index in [1.54, 1.807) is 0 Å².